The van der Waals surface area contributed by atoms with E-state index in [9.17, 15) is 5.11 Å². The largest absolute Gasteiger partial charge is 1.00 e. The van der Waals surface area contributed by atoms with Crippen LogP contribution in [0.3, 0.4) is 0 Å². The van der Waals surface area contributed by atoms with Gasteiger partial charge in [-0.3, -0.25) is 0 Å². The third-order valence-corrected chi connectivity index (χ3v) is 11.7. The fourth-order valence-electron chi connectivity index (χ4n) is 4.56. The summed E-state index contributed by atoms with van der Waals surface area (Å²) in [6.45, 7) is 5.20. The van der Waals surface area contributed by atoms with Crippen molar-refractivity contribution in [1.82, 2.24) is 0 Å². The predicted octanol–water partition coefficient (Wildman–Crippen LogP) is 0.877. The van der Waals surface area contributed by atoms with Crippen LogP contribution in [0.25, 0.3) is 0 Å². The fourth-order valence-corrected chi connectivity index (χ4v) is 10.3. The van der Waals surface area contributed by atoms with Gasteiger partial charge in [0.1, 0.15) is 44.4 Å². The Morgan fingerprint density at radius 2 is 1.16 bits per heavy atom. The third-order valence-electron chi connectivity index (χ3n) is 6.05. The number of hydrogen-bond acceptors (Lipinski definition) is 4. The van der Waals surface area contributed by atoms with Crippen molar-refractivity contribution >= 4 is 38.0 Å². The van der Waals surface area contributed by atoms with Gasteiger partial charge < -0.3 is 36.3 Å². The monoisotopic (exact) mass is 596 g/mol. The molecule has 0 saturated heterocycles. The molecule has 7 heteroatoms. The first-order chi connectivity index (χ1) is 17.7. The summed E-state index contributed by atoms with van der Waals surface area (Å²) in [4.78, 5) is 0. The highest BCUT2D eigenvalue weighted by Crippen LogP contribution is 2.56. The molecule has 0 saturated carbocycles. The van der Waals surface area contributed by atoms with Crippen molar-refractivity contribution in [2.45, 2.75) is 19.8 Å². The molecule has 4 aromatic rings. The maximum atomic E-state index is 10.7. The summed E-state index contributed by atoms with van der Waals surface area (Å²) in [5.74, 6) is 0.845. The van der Waals surface area contributed by atoms with Crippen molar-refractivity contribution in [2.24, 2.45) is 0 Å². The molecular weight excluding hydrogens is 563 g/mol. The number of hydrogen-bond donors (Lipinski definition) is 1. The Balaban J connectivity index is 0.00000380. The standard InChI is InChI=1S/C30H33O4PSi.BrH/c1-3-32-30(33-4-2)36-23-34-28-21-20-24(31)22-29(28)35(25-14-8-5-9-15-25,26-16-10-6-11-17-26)27-18-12-7-13-19-27;/h5-22,30H,3-4,23,36H2,1-2H3;1H. The Kier molecular flexibility index (Phi) is 11.4. The highest BCUT2D eigenvalue weighted by atomic mass is 79.9. The summed E-state index contributed by atoms with van der Waals surface area (Å²) >= 11 is 0. The number of benzene rings is 4. The number of rotatable bonds is 12. The van der Waals surface area contributed by atoms with Crippen LogP contribution >= 0.6 is 7.26 Å². The van der Waals surface area contributed by atoms with E-state index in [1.165, 1.54) is 15.9 Å². The van der Waals surface area contributed by atoms with E-state index in [1.807, 2.05) is 44.2 Å². The SMILES string of the molecule is CCOC(OCC)[SiH2]COc1ccc(O)cc1[P+](c1ccccc1)(c1ccccc1)c1ccccc1.[Br-]. The molecular formula is C30H34BrO4PSi. The second kappa shape index (κ2) is 14.5. The topological polar surface area (TPSA) is 47.9 Å². The summed E-state index contributed by atoms with van der Waals surface area (Å²) in [6.07, 6.45) is 0.570. The molecule has 4 aromatic carbocycles. The van der Waals surface area contributed by atoms with Gasteiger partial charge in [-0.05, 0) is 62.4 Å². The molecule has 0 heterocycles. The summed E-state index contributed by atoms with van der Waals surface area (Å²) < 4.78 is 18.0. The van der Waals surface area contributed by atoms with E-state index < -0.39 is 16.8 Å². The molecule has 4 nitrogen and oxygen atoms in total. The molecule has 0 amide bonds. The molecule has 0 atom stereocenters. The fraction of sp³-hybridized carbons (Fsp3) is 0.200. The second-order valence-electron chi connectivity index (χ2n) is 8.31. The molecule has 1 N–H and O–H groups in total. The molecule has 0 aliphatic carbocycles. The van der Waals surface area contributed by atoms with Crippen LogP contribution in [-0.4, -0.2) is 40.0 Å². The highest BCUT2D eigenvalue weighted by Gasteiger charge is 2.50. The first-order valence-electron chi connectivity index (χ1n) is 12.5. The van der Waals surface area contributed by atoms with Crippen LogP contribution in [0.4, 0.5) is 0 Å². The molecule has 0 unspecified atom stereocenters. The molecule has 0 bridgehead atoms. The number of phenolic OH excluding ortho intramolecular Hbond substituents is 1. The van der Waals surface area contributed by atoms with Crippen LogP contribution in [0, 0.1) is 0 Å². The third kappa shape index (κ3) is 6.70. The van der Waals surface area contributed by atoms with Gasteiger partial charge in [0.05, 0.1) is 6.23 Å². The number of ether oxygens (including phenoxy) is 3. The van der Waals surface area contributed by atoms with Crippen molar-refractivity contribution in [3.8, 4) is 11.5 Å². The van der Waals surface area contributed by atoms with Crippen LogP contribution in [0.5, 0.6) is 11.5 Å². The van der Waals surface area contributed by atoms with Crippen LogP contribution in [-0.2, 0) is 9.47 Å². The van der Waals surface area contributed by atoms with Gasteiger partial charge in [0.2, 0.25) is 0 Å². The minimum absolute atomic E-state index is 0. The summed E-state index contributed by atoms with van der Waals surface area (Å²) in [6, 6.07) is 37.3. The smallest absolute Gasteiger partial charge is 0.162 e. The zero-order valence-electron chi connectivity index (χ0n) is 21.3. The Bertz CT molecular complexity index is 1110. The highest BCUT2D eigenvalue weighted by molar-refractivity contribution is 8.01. The van der Waals surface area contributed by atoms with Crippen molar-refractivity contribution in [1.29, 1.82) is 0 Å². The molecule has 0 aliphatic rings. The number of aromatic hydroxyl groups is 1. The number of phenols is 1. The van der Waals surface area contributed by atoms with E-state index >= 15 is 0 Å². The normalized spacial score (nSPS) is 11.5. The van der Waals surface area contributed by atoms with Crippen molar-refractivity contribution in [2.75, 3.05) is 19.4 Å². The second-order valence-corrected chi connectivity index (χ2v) is 13.3. The summed E-state index contributed by atoms with van der Waals surface area (Å²) in [5.41, 5.74) is 0. The Morgan fingerprint density at radius 1 is 0.703 bits per heavy atom. The maximum absolute atomic E-state index is 10.7. The molecule has 0 aliphatic heterocycles. The van der Waals surface area contributed by atoms with Crippen LogP contribution < -0.4 is 42.9 Å². The first-order valence-corrected chi connectivity index (χ1v) is 16.1. The van der Waals surface area contributed by atoms with Crippen LogP contribution in [0.1, 0.15) is 13.8 Å². The lowest BCUT2D eigenvalue weighted by atomic mass is 10.3. The zero-order valence-corrected chi connectivity index (χ0v) is 25.2. The van der Waals surface area contributed by atoms with E-state index in [2.05, 4.69) is 72.8 Å². The van der Waals surface area contributed by atoms with E-state index in [0.717, 1.165) is 11.1 Å². The summed E-state index contributed by atoms with van der Waals surface area (Å²) in [5, 5.41) is 15.3. The minimum Gasteiger partial charge on any atom is -1.00 e. The van der Waals surface area contributed by atoms with Gasteiger partial charge in [0.25, 0.3) is 0 Å². The first kappa shape index (κ1) is 29.1. The lowest BCUT2D eigenvalue weighted by Crippen LogP contribution is -3.00. The molecule has 0 aromatic heterocycles. The summed E-state index contributed by atoms with van der Waals surface area (Å²) in [7, 11) is -3.21. The molecule has 0 spiro atoms. The molecule has 0 fully saturated rings. The Labute approximate surface area is 233 Å². The van der Waals surface area contributed by atoms with Gasteiger partial charge in [-0.15, -0.1) is 0 Å². The van der Waals surface area contributed by atoms with Crippen molar-refractivity contribution < 1.29 is 36.3 Å². The van der Waals surface area contributed by atoms with Crippen LogP contribution in [0.2, 0.25) is 0 Å². The minimum atomic E-state index is -2.39. The molecule has 0 radical (unpaired) electrons. The zero-order chi connectivity index (χ0) is 25.2. The lowest BCUT2D eigenvalue weighted by Gasteiger charge is -2.29. The average Bonchev–Trinajstić information content (AvgIpc) is 2.92. The molecule has 37 heavy (non-hydrogen) atoms. The number of halogens is 1. The van der Waals surface area contributed by atoms with Gasteiger partial charge in [-0.1, -0.05) is 54.6 Å². The maximum Gasteiger partial charge on any atom is 0.162 e. The van der Waals surface area contributed by atoms with E-state index in [1.54, 1.807) is 6.07 Å². The Hall–Kier alpha value is -2.47. The van der Waals surface area contributed by atoms with Gasteiger partial charge in [0, 0.05) is 19.3 Å². The molecule has 4 rings (SSSR count). The van der Waals surface area contributed by atoms with Gasteiger partial charge in [-0.2, -0.15) is 0 Å². The van der Waals surface area contributed by atoms with Crippen LogP contribution in [0.15, 0.2) is 109 Å². The Morgan fingerprint density at radius 3 is 1.59 bits per heavy atom. The van der Waals surface area contributed by atoms with E-state index in [0.29, 0.717) is 19.4 Å². The van der Waals surface area contributed by atoms with Crippen molar-refractivity contribution in [3.05, 3.63) is 109 Å². The van der Waals surface area contributed by atoms with Crippen molar-refractivity contribution in [3.63, 3.8) is 0 Å². The van der Waals surface area contributed by atoms with Gasteiger partial charge in [0.15, 0.2) is 11.1 Å². The van der Waals surface area contributed by atoms with Gasteiger partial charge >= 0.3 is 0 Å². The molecule has 194 valence electrons. The predicted molar refractivity (Wildman–Crippen MR) is 154 cm³/mol. The van der Waals surface area contributed by atoms with E-state index in [-0.39, 0.29) is 28.6 Å². The quantitative estimate of drug-likeness (QED) is 0.150. The van der Waals surface area contributed by atoms with Gasteiger partial charge in [-0.25, -0.2) is 0 Å². The lowest BCUT2D eigenvalue weighted by molar-refractivity contribution is -0.0835. The van der Waals surface area contributed by atoms with E-state index in [4.69, 9.17) is 14.2 Å². The average molecular weight is 598 g/mol.